The molecule has 1 radical (unpaired) electrons. The van der Waals surface area contributed by atoms with Crippen LogP contribution in [0.15, 0.2) is 0 Å². The van der Waals surface area contributed by atoms with Crippen molar-refractivity contribution in [3.05, 3.63) is 0 Å². The lowest BCUT2D eigenvalue weighted by Gasteiger charge is -2.03. The zero-order chi connectivity index (χ0) is 7.28. The Hall–Kier alpha value is 1.40. The molecule has 0 nitrogen and oxygen atoms in total. The molecule has 0 unspecified atom stereocenters. The van der Waals surface area contributed by atoms with Gasteiger partial charge in [0, 0.05) is 0 Å². The molecule has 0 aromatic heterocycles. The van der Waals surface area contributed by atoms with E-state index in [0.29, 0.717) is 0 Å². The minimum absolute atomic E-state index is 0. The standard InChI is InChI=1S/2C4H9.Al.3ClH/c2*1-4(2)3;;;;/h2*4H,1H2,2-3H3;;3*1H. The molecule has 77 valence electrons. The summed E-state index contributed by atoms with van der Waals surface area (Å²) >= 11 is 0.755. The molecule has 0 rings (SSSR count). The van der Waals surface area contributed by atoms with Gasteiger partial charge in [-0.15, -0.1) is 47.8 Å². The highest BCUT2D eigenvalue weighted by atomic mass is 35.5. The van der Waals surface area contributed by atoms with E-state index in [-0.39, 0.29) is 37.2 Å². The number of rotatable bonds is 4. The first kappa shape index (κ1) is 23.3. The van der Waals surface area contributed by atoms with Gasteiger partial charge in [-0.3, -0.25) is 0 Å². The Morgan fingerprint density at radius 3 is 1.17 bits per heavy atom. The third kappa shape index (κ3) is 22.5. The van der Waals surface area contributed by atoms with Gasteiger partial charge >= 0.3 is 0 Å². The molecule has 0 aliphatic heterocycles. The molecule has 0 aliphatic rings. The monoisotopic (exact) mass is 249 g/mol. The second kappa shape index (κ2) is 14.9. The fourth-order valence-corrected chi connectivity index (χ4v) is 2.29. The van der Waals surface area contributed by atoms with Crippen LogP contribution in [-0.4, -0.2) is 15.2 Å². The van der Waals surface area contributed by atoms with E-state index in [9.17, 15) is 0 Å². The Balaban J connectivity index is -0.000000107. The van der Waals surface area contributed by atoms with Gasteiger partial charge in [0.05, 0.1) is 0 Å². The normalized spacial score (nSPS) is 8.17. The summed E-state index contributed by atoms with van der Waals surface area (Å²) in [7, 11) is 0. The van der Waals surface area contributed by atoms with Crippen LogP contribution in [0.1, 0.15) is 27.7 Å². The van der Waals surface area contributed by atoms with Crippen LogP contribution < -0.4 is 0 Å². The summed E-state index contributed by atoms with van der Waals surface area (Å²) < 4.78 is 0. The van der Waals surface area contributed by atoms with E-state index in [1.165, 1.54) is 10.6 Å². The maximum Gasteiger partial charge on any atom is 0.200 e. The zero-order valence-corrected chi connectivity index (χ0v) is 12.0. The molecule has 0 aliphatic carbocycles. The lowest BCUT2D eigenvalue weighted by molar-refractivity contribution is 0.700. The Kier molecular flexibility index (Phi) is 29.0. The maximum absolute atomic E-state index is 2.31. The van der Waals surface area contributed by atoms with E-state index < -0.39 is 0 Å². The van der Waals surface area contributed by atoms with Crippen molar-refractivity contribution in [3.63, 3.8) is 0 Å². The van der Waals surface area contributed by atoms with Gasteiger partial charge in [0.15, 0.2) is 0 Å². The second-order valence-corrected chi connectivity index (χ2v) is 5.07. The van der Waals surface area contributed by atoms with Crippen molar-refractivity contribution in [2.75, 3.05) is 0 Å². The zero-order valence-electron chi connectivity index (χ0n) is 8.37. The van der Waals surface area contributed by atoms with Gasteiger partial charge in [-0.1, -0.05) is 39.5 Å². The highest BCUT2D eigenvalue weighted by molar-refractivity contribution is 6.35. The molecular weight excluding hydrogens is 229 g/mol. The van der Waals surface area contributed by atoms with Crippen molar-refractivity contribution in [3.8, 4) is 0 Å². The van der Waals surface area contributed by atoms with Crippen LogP contribution in [0.5, 0.6) is 0 Å². The van der Waals surface area contributed by atoms with Crippen LogP contribution in [0.4, 0.5) is 0 Å². The number of hydrogen-bond acceptors (Lipinski definition) is 0. The first-order valence-electron chi connectivity index (χ1n) is 3.94. The van der Waals surface area contributed by atoms with Gasteiger partial charge in [0.2, 0.25) is 15.2 Å². The molecule has 0 bridgehead atoms. The summed E-state index contributed by atoms with van der Waals surface area (Å²) in [5.41, 5.74) is 0. The highest BCUT2D eigenvalue weighted by Gasteiger charge is 1.98. The average Bonchev–Trinajstić information content (AvgIpc) is 1.63. The van der Waals surface area contributed by atoms with Gasteiger partial charge in [0.25, 0.3) is 0 Å². The summed E-state index contributed by atoms with van der Waals surface area (Å²) in [4.78, 5) is 0. The molecule has 12 heavy (non-hydrogen) atoms. The SMILES string of the molecule is CC(C)[CH2][Al][CH2]C(C)C.Cl.Cl.Cl. The van der Waals surface area contributed by atoms with E-state index in [0.717, 1.165) is 27.1 Å². The first-order chi connectivity index (χ1) is 4.13. The Morgan fingerprint density at radius 1 is 0.750 bits per heavy atom. The van der Waals surface area contributed by atoms with Crippen LogP contribution in [0, 0.1) is 11.8 Å². The van der Waals surface area contributed by atoms with Crippen LogP contribution >= 0.6 is 37.2 Å². The molecule has 0 saturated carbocycles. The minimum Gasteiger partial charge on any atom is -0.147 e. The molecule has 0 aromatic rings. The lowest BCUT2D eigenvalue weighted by atomic mass is 10.3. The molecule has 0 amide bonds. The smallest absolute Gasteiger partial charge is 0.147 e. The summed E-state index contributed by atoms with van der Waals surface area (Å²) in [5.74, 6) is 1.86. The van der Waals surface area contributed by atoms with E-state index in [2.05, 4.69) is 27.7 Å². The molecule has 0 aromatic carbocycles. The summed E-state index contributed by atoms with van der Waals surface area (Å²) in [6.07, 6.45) is 0. The molecule has 0 spiro atoms. The van der Waals surface area contributed by atoms with E-state index in [4.69, 9.17) is 0 Å². The van der Waals surface area contributed by atoms with Crippen LogP contribution in [0.3, 0.4) is 0 Å². The fraction of sp³-hybridized carbons (Fsp3) is 1.00. The van der Waals surface area contributed by atoms with Crippen LogP contribution in [-0.2, 0) is 0 Å². The predicted molar refractivity (Wildman–Crippen MR) is 66.8 cm³/mol. The van der Waals surface area contributed by atoms with Crippen molar-refractivity contribution in [2.24, 2.45) is 11.8 Å². The van der Waals surface area contributed by atoms with E-state index >= 15 is 0 Å². The summed E-state index contributed by atoms with van der Waals surface area (Å²) in [6, 6.07) is 0. The highest BCUT2D eigenvalue weighted by Crippen LogP contribution is 2.05. The van der Waals surface area contributed by atoms with E-state index in [1.807, 2.05) is 0 Å². The molecule has 0 heterocycles. The second-order valence-electron chi connectivity index (χ2n) is 3.55. The molecule has 0 saturated heterocycles. The van der Waals surface area contributed by atoms with Crippen LogP contribution in [0.25, 0.3) is 0 Å². The Bertz CT molecular complexity index is 59.3. The van der Waals surface area contributed by atoms with Gasteiger partial charge in [-0.25, -0.2) is 0 Å². The minimum atomic E-state index is 0. The summed E-state index contributed by atoms with van der Waals surface area (Å²) in [6.45, 7) is 9.25. The van der Waals surface area contributed by atoms with Gasteiger partial charge in [0.1, 0.15) is 0 Å². The van der Waals surface area contributed by atoms with Gasteiger partial charge in [-0.2, -0.15) is 0 Å². The Morgan fingerprint density at radius 2 is 1.00 bits per heavy atom. The van der Waals surface area contributed by atoms with Crippen molar-refractivity contribution >= 4 is 52.4 Å². The van der Waals surface area contributed by atoms with Crippen molar-refractivity contribution in [1.29, 1.82) is 0 Å². The quantitative estimate of drug-likeness (QED) is 0.659. The molecule has 4 heteroatoms. The lowest BCUT2D eigenvalue weighted by Crippen LogP contribution is -1.99. The average molecular weight is 251 g/mol. The Labute approximate surface area is 102 Å². The molecular formula is C8H21AlCl3. The molecule has 0 N–H and O–H groups in total. The summed E-state index contributed by atoms with van der Waals surface area (Å²) in [5, 5.41) is 2.97. The number of hydrogen-bond donors (Lipinski definition) is 0. The van der Waals surface area contributed by atoms with Crippen molar-refractivity contribution in [1.82, 2.24) is 0 Å². The van der Waals surface area contributed by atoms with Gasteiger partial charge in [-0.05, 0) is 0 Å². The third-order valence-electron chi connectivity index (χ3n) is 1.28. The topological polar surface area (TPSA) is 0 Å². The third-order valence-corrected chi connectivity index (χ3v) is 3.83. The number of halogens is 3. The van der Waals surface area contributed by atoms with Crippen molar-refractivity contribution < 1.29 is 0 Å². The molecule has 0 fully saturated rings. The first-order valence-corrected chi connectivity index (χ1v) is 5.58. The van der Waals surface area contributed by atoms with Crippen LogP contribution in [0.2, 0.25) is 10.6 Å². The molecule has 0 atom stereocenters. The van der Waals surface area contributed by atoms with E-state index in [1.54, 1.807) is 0 Å². The van der Waals surface area contributed by atoms with Gasteiger partial charge < -0.3 is 0 Å². The largest absolute Gasteiger partial charge is 0.200 e. The van der Waals surface area contributed by atoms with Crippen molar-refractivity contribution in [2.45, 2.75) is 38.3 Å². The maximum atomic E-state index is 2.31. The predicted octanol–water partition coefficient (Wildman–Crippen LogP) is 4.10. The fourth-order valence-electron chi connectivity index (χ4n) is 0.763.